The third-order valence-electron chi connectivity index (χ3n) is 10.2. The lowest BCUT2D eigenvalue weighted by Crippen LogP contribution is -2.22. The monoisotopic (exact) mass is 752 g/mol. The van der Waals surface area contributed by atoms with Gasteiger partial charge in [0.1, 0.15) is 7.05 Å². The smallest absolute Gasteiger partial charge is 0.205 e. The fourth-order valence-electron chi connectivity index (χ4n) is 7.09. The molecule has 0 amide bonds. The fourth-order valence-corrected chi connectivity index (χ4v) is 7.86. The van der Waals surface area contributed by atoms with Crippen molar-refractivity contribution >= 4 is 51.9 Å². The van der Waals surface area contributed by atoms with Crippen molar-refractivity contribution in [3.05, 3.63) is 171 Å². The van der Waals surface area contributed by atoms with Crippen molar-refractivity contribution in [3.8, 4) is 0 Å². The van der Waals surface area contributed by atoms with Crippen LogP contribution in [-0.2, 0) is 13.0 Å². The molecule has 3 nitrogen and oxygen atoms in total. The first-order valence-corrected chi connectivity index (χ1v) is 21.5. The van der Waals surface area contributed by atoms with Crippen LogP contribution in [0.1, 0.15) is 60.6 Å². The molecule has 0 saturated heterocycles. The van der Waals surface area contributed by atoms with E-state index in [4.69, 9.17) is 0 Å². The average molecular weight is 753 g/mol. The molecule has 0 saturated carbocycles. The number of allylic oxidation sites excluding steroid dienone is 6. The highest BCUT2D eigenvalue weighted by Gasteiger charge is 2.20. The topological polar surface area (TPSA) is 9.49 Å². The summed E-state index contributed by atoms with van der Waals surface area (Å²) >= 11 is 3.56. The molecule has 4 aromatic rings. The minimum atomic E-state index is 0.777. The first kappa shape index (κ1) is 40.7. The maximum atomic E-state index is 4.33. The summed E-state index contributed by atoms with van der Waals surface area (Å²) in [6.45, 7) is 18.0. The molecule has 1 aliphatic rings. The van der Waals surface area contributed by atoms with E-state index in [0.29, 0.717) is 0 Å². The van der Waals surface area contributed by atoms with E-state index in [-0.39, 0.29) is 0 Å². The molecular weight excluding hydrogens is 695 g/mol. The van der Waals surface area contributed by atoms with E-state index in [1.54, 1.807) is 23.5 Å². The Labute approximate surface area is 334 Å². The SMILES string of the molecule is C=C(/C=C(\C)SC)CN(C)c1ccc(C(=C2C=CC(=[N+](C)c3ccc(CCC)cc3)C=C2)c2ccc(N(CC)Cc3cccc(SC)c3)cc2C)c(C)c1. The number of nitrogens with zero attached hydrogens (tertiary/aromatic N) is 3. The number of anilines is 2. The van der Waals surface area contributed by atoms with E-state index < -0.39 is 0 Å². The number of rotatable bonds is 15. The Morgan fingerprint density at radius 1 is 0.796 bits per heavy atom. The average Bonchev–Trinajstić information content (AvgIpc) is 3.18. The van der Waals surface area contributed by atoms with Gasteiger partial charge in [-0.25, -0.2) is 0 Å². The van der Waals surface area contributed by atoms with E-state index in [1.807, 2.05) is 0 Å². The number of likely N-dealkylation sites (N-methyl/N-ethyl adjacent to an activating group) is 1. The Morgan fingerprint density at radius 3 is 2.04 bits per heavy atom. The van der Waals surface area contributed by atoms with Crippen molar-refractivity contribution in [1.29, 1.82) is 0 Å². The van der Waals surface area contributed by atoms with Crippen LogP contribution in [0.25, 0.3) is 5.57 Å². The van der Waals surface area contributed by atoms with Gasteiger partial charge >= 0.3 is 0 Å². The lowest BCUT2D eigenvalue weighted by atomic mass is 9.86. The first-order valence-electron chi connectivity index (χ1n) is 19.1. The second-order valence-electron chi connectivity index (χ2n) is 14.2. The number of aryl methyl sites for hydroxylation is 3. The highest BCUT2D eigenvalue weighted by molar-refractivity contribution is 8.02. The maximum Gasteiger partial charge on any atom is 0.205 e. The largest absolute Gasteiger partial charge is 0.370 e. The van der Waals surface area contributed by atoms with Crippen LogP contribution in [0.3, 0.4) is 0 Å². The van der Waals surface area contributed by atoms with Crippen LogP contribution in [0.5, 0.6) is 0 Å². The number of benzene rings is 4. The Bertz CT molecular complexity index is 2100. The van der Waals surface area contributed by atoms with Crippen LogP contribution in [0.15, 0.2) is 143 Å². The Balaban J connectivity index is 1.54. The molecule has 0 radical (unpaired) electrons. The van der Waals surface area contributed by atoms with Crippen LogP contribution in [0.2, 0.25) is 0 Å². The summed E-state index contributed by atoms with van der Waals surface area (Å²) in [5, 5.41) is 0. The van der Waals surface area contributed by atoms with E-state index in [0.717, 1.165) is 43.8 Å². The van der Waals surface area contributed by atoms with Crippen LogP contribution < -0.4 is 9.80 Å². The molecule has 0 bridgehead atoms. The predicted octanol–water partition coefficient (Wildman–Crippen LogP) is 12.6. The van der Waals surface area contributed by atoms with Crippen molar-refractivity contribution in [1.82, 2.24) is 0 Å². The van der Waals surface area contributed by atoms with Gasteiger partial charge in [0.25, 0.3) is 0 Å². The van der Waals surface area contributed by atoms with Gasteiger partial charge in [-0.3, -0.25) is 0 Å². The Kier molecular flexibility index (Phi) is 14.5. The van der Waals surface area contributed by atoms with E-state index in [2.05, 4.69) is 197 Å². The summed E-state index contributed by atoms with van der Waals surface area (Å²) in [6, 6.07) is 31.8. The van der Waals surface area contributed by atoms with Gasteiger partial charge in [-0.2, -0.15) is 4.58 Å². The lowest BCUT2D eigenvalue weighted by Gasteiger charge is -2.26. The molecule has 0 aliphatic heterocycles. The van der Waals surface area contributed by atoms with Gasteiger partial charge in [0.15, 0.2) is 0 Å². The molecule has 0 N–H and O–H groups in total. The van der Waals surface area contributed by atoms with Crippen LogP contribution in [0.4, 0.5) is 17.1 Å². The van der Waals surface area contributed by atoms with Crippen molar-refractivity contribution in [2.24, 2.45) is 0 Å². The van der Waals surface area contributed by atoms with Crippen molar-refractivity contribution in [3.63, 3.8) is 0 Å². The molecule has 0 spiro atoms. The zero-order valence-corrected chi connectivity index (χ0v) is 35.5. The third-order valence-corrected chi connectivity index (χ3v) is 11.7. The fraction of sp³-hybridized carbons (Fsp3) is 0.286. The molecule has 4 aromatic carbocycles. The molecule has 0 atom stereocenters. The second-order valence-corrected chi connectivity index (χ2v) is 16.2. The Morgan fingerprint density at radius 2 is 1.44 bits per heavy atom. The summed E-state index contributed by atoms with van der Waals surface area (Å²) in [5.41, 5.74) is 16.1. The third kappa shape index (κ3) is 10.2. The number of hydrogen-bond acceptors (Lipinski definition) is 4. The zero-order chi connectivity index (χ0) is 38.8. The van der Waals surface area contributed by atoms with Crippen LogP contribution in [0, 0.1) is 13.8 Å². The Hall–Kier alpha value is -4.45. The molecule has 0 fully saturated rings. The molecule has 0 unspecified atom stereocenters. The lowest BCUT2D eigenvalue weighted by molar-refractivity contribution is -0.403. The summed E-state index contributed by atoms with van der Waals surface area (Å²) < 4.78 is 2.27. The van der Waals surface area contributed by atoms with Crippen molar-refractivity contribution < 1.29 is 4.58 Å². The predicted molar refractivity (Wildman–Crippen MR) is 243 cm³/mol. The van der Waals surface area contributed by atoms with Crippen LogP contribution in [-0.4, -0.2) is 50.0 Å². The standard InChI is InChI=1S/C49H58N3S2/c1-11-14-39-17-21-42(22-18-39)51(8)43-23-19-41(20-24-43)49(47-27-25-44(30-36(47)4)50(7)33-35(3)29-38(6)53-9)48-28-26-45(31-37(48)5)52(12-2)34-40-15-13-16-46(32-40)54-10/h13,15-32H,3,11-12,14,33-34H2,1-2,4-10H3/q+1/b38-29+. The molecule has 0 heterocycles. The van der Waals surface area contributed by atoms with E-state index in [1.165, 1.54) is 71.4 Å². The van der Waals surface area contributed by atoms with Gasteiger partial charge in [-0.1, -0.05) is 56.3 Å². The zero-order valence-electron chi connectivity index (χ0n) is 33.9. The molecule has 5 rings (SSSR count). The summed E-state index contributed by atoms with van der Waals surface area (Å²) in [7, 11) is 4.30. The molecule has 0 aromatic heterocycles. The van der Waals surface area contributed by atoms with E-state index >= 15 is 0 Å². The van der Waals surface area contributed by atoms with Crippen molar-refractivity contribution in [2.75, 3.05) is 49.5 Å². The van der Waals surface area contributed by atoms with Gasteiger partial charge in [-0.15, -0.1) is 23.5 Å². The highest BCUT2D eigenvalue weighted by atomic mass is 32.2. The minimum absolute atomic E-state index is 0.777. The summed E-state index contributed by atoms with van der Waals surface area (Å²) in [4.78, 5) is 7.33. The van der Waals surface area contributed by atoms with Gasteiger partial charge in [0.2, 0.25) is 11.4 Å². The van der Waals surface area contributed by atoms with Gasteiger partial charge in [0, 0.05) is 67.2 Å². The normalized spacial score (nSPS) is 12.6. The molecule has 5 heteroatoms. The summed E-state index contributed by atoms with van der Waals surface area (Å²) in [5.74, 6) is 0. The van der Waals surface area contributed by atoms with Gasteiger partial charge in [0.05, 0.1) is 0 Å². The number of thioether (sulfide) groups is 2. The molecule has 280 valence electrons. The quantitative estimate of drug-likeness (QED) is 0.0679. The summed E-state index contributed by atoms with van der Waals surface area (Å²) in [6.07, 6.45) is 17.8. The maximum absolute atomic E-state index is 4.33. The van der Waals surface area contributed by atoms with Crippen LogP contribution >= 0.6 is 23.5 Å². The van der Waals surface area contributed by atoms with Gasteiger partial charge < -0.3 is 9.80 Å². The minimum Gasteiger partial charge on any atom is -0.370 e. The molecule has 54 heavy (non-hydrogen) atoms. The van der Waals surface area contributed by atoms with Crippen molar-refractivity contribution in [2.45, 2.75) is 58.9 Å². The number of hydrogen-bond donors (Lipinski definition) is 0. The van der Waals surface area contributed by atoms with Gasteiger partial charge in [-0.05, 0) is 156 Å². The first-order chi connectivity index (χ1) is 26.0. The van der Waals surface area contributed by atoms with E-state index in [9.17, 15) is 0 Å². The second kappa shape index (κ2) is 19.2. The highest BCUT2D eigenvalue weighted by Crippen LogP contribution is 2.37. The molecule has 1 aliphatic carbocycles. The molecular formula is C49H58N3S2+.